The number of anilines is 2. The highest BCUT2D eigenvalue weighted by Crippen LogP contribution is 2.44. The van der Waals surface area contributed by atoms with Crippen LogP contribution in [0.4, 0.5) is 29.5 Å². The van der Waals surface area contributed by atoms with Gasteiger partial charge in [0.15, 0.2) is 5.82 Å². The Kier molecular flexibility index (Phi) is 6.62. The summed E-state index contributed by atoms with van der Waals surface area (Å²) in [5.41, 5.74) is 2.23. The van der Waals surface area contributed by atoms with Crippen LogP contribution in [0.3, 0.4) is 0 Å². The van der Waals surface area contributed by atoms with Crippen LogP contribution in [0.2, 0.25) is 0 Å². The fraction of sp³-hybridized carbons (Fsp3) is 0.483. The fourth-order valence-electron chi connectivity index (χ4n) is 6.12. The average molecular weight is 555 g/mol. The van der Waals surface area contributed by atoms with Crippen molar-refractivity contribution < 1.29 is 22.7 Å². The van der Waals surface area contributed by atoms with E-state index in [0.29, 0.717) is 37.6 Å². The maximum absolute atomic E-state index is 14.1. The van der Waals surface area contributed by atoms with Gasteiger partial charge in [-0.05, 0) is 62.8 Å². The second-order valence-electron chi connectivity index (χ2n) is 10.9. The van der Waals surface area contributed by atoms with Crippen molar-refractivity contribution in [3.8, 4) is 5.88 Å². The molecule has 2 aromatic heterocycles. The highest BCUT2D eigenvalue weighted by atomic mass is 19.4. The minimum Gasteiger partial charge on any atom is -0.480 e. The lowest BCUT2D eigenvalue weighted by Gasteiger charge is -2.46. The van der Waals surface area contributed by atoms with Crippen molar-refractivity contribution in [2.75, 3.05) is 30.0 Å². The van der Waals surface area contributed by atoms with Crippen LogP contribution < -0.4 is 14.5 Å². The van der Waals surface area contributed by atoms with Gasteiger partial charge in [0.2, 0.25) is 5.88 Å². The SMILES string of the molecule is COc1nccc(C)c1N1CCC(N2C(=O)N(Cc3ccccc3C(F)(F)F)c3nn(C4CC4)cc3C2C)CC1. The number of methoxy groups -OCH3 is 1. The van der Waals surface area contributed by atoms with Crippen molar-refractivity contribution in [2.24, 2.45) is 0 Å². The van der Waals surface area contributed by atoms with E-state index >= 15 is 0 Å². The lowest BCUT2D eigenvalue weighted by atomic mass is 9.97. The maximum Gasteiger partial charge on any atom is 0.416 e. The second kappa shape index (κ2) is 10.0. The van der Waals surface area contributed by atoms with Crippen molar-refractivity contribution in [1.29, 1.82) is 0 Å². The van der Waals surface area contributed by atoms with Gasteiger partial charge in [0, 0.05) is 37.1 Å². The molecule has 3 aromatic rings. The Morgan fingerprint density at radius 1 is 1.05 bits per heavy atom. The molecule has 1 saturated heterocycles. The summed E-state index contributed by atoms with van der Waals surface area (Å²) >= 11 is 0. The number of carbonyl (C=O) groups excluding carboxylic acids is 1. The van der Waals surface area contributed by atoms with Crippen LogP contribution in [-0.4, -0.2) is 51.9 Å². The molecule has 6 rings (SSSR count). The third kappa shape index (κ3) is 4.65. The summed E-state index contributed by atoms with van der Waals surface area (Å²) in [6.45, 7) is 5.23. The van der Waals surface area contributed by atoms with Gasteiger partial charge in [0.05, 0.1) is 31.3 Å². The molecule has 2 aliphatic heterocycles. The third-order valence-electron chi connectivity index (χ3n) is 8.35. The Bertz CT molecular complexity index is 1410. The van der Waals surface area contributed by atoms with Gasteiger partial charge in [-0.1, -0.05) is 18.2 Å². The highest BCUT2D eigenvalue weighted by molar-refractivity contribution is 5.94. The molecule has 2 amide bonds. The number of pyridine rings is 1. The molecular weight excluding hydrogens is 521 g/mol. The molecule has 1 atom stereocenters. The number of aryl methyl sites for hydroxylation is 1. The van der Waals surface area contributed by atoms with Gasteiger partial charge < -0.3 is 14.5 Å². The summed E-state index contributed by atoms with van der Waals surface area (Å²) in [6, 6.07) is 7.09. The van der Waals surface area contributed by atoms with Crippen LogP contribution in [0.5, 0.6) is 5.88 Å². The lowest BCUT2D eigenvalue weighted by molar-refractivity contribution is -0.138. The number of urea groups is 1. The van der Waals surface area contributed by atoms with Crippen molar-refractivity contribution in [1.82, 2.24) is 19.7 Å². The molecule has 1 aromatic carbocycles. The van der Waals surface area contributed by atoms with E-state index in [1.165, 1.54) is 17.0 Å². The van der Waals surface area contributed by atoms with Crippen molar-refractivity contribution in [2.45, 2.75) is 70.4 Å². The van der Waals surface area contributed by atoms with Crippen LogP contribution in [-0.2, 0) is 12.7 Å². The van der Waals surface area contributed by atoms with Crippen molar-refractivity contribution in [3.05, 3.63) is 65.0 Å². The number of fused-ring (bicyclic) bond motifs is 1. The number of benzene rings is 1. The van der Waals surface area contributed by atoms with E-state index in [2.05, 4.69) is 9.88 Å². The van der Waals surface area contributed by atoms with Crippen molar-refractivity contribution in [3.63, 3.8) is 0 Å². The first-order chi connectivity index (χ1) is 19.2. The number of hydrogen-bond donors (Lipinski definition) is 0. The van der Waals surface area contributed by atoms with Gasteiger partial charge in [-0.2, -0.15) is 18.3 Å². The van der Waals surface area contributed by atoms with Gasteiger partial charge in [-0.15, -0.1) is 0 Å². The molecule has 0 radical (unpaired) electrons. The third-order valence-corrected chi connectivity index (χ3v) is 8.35. The number of ether oxygens (including phenoxy) is 1. The normalized spacial score (nSPS) is 20.2. The first-order valence-electron chi connectivity index (χ1n) is 13.8. The van der Waals surface area contributed by atoms with Crippen LogP contribution in [0.15, 0.2) is 42.7 Å². The molecular formula is C29H33F3N6O2. The molecule has 1 saturated carbocycles. The Balaban J connectivity index is 1.30. The zero-order valence-electron chi connectivity index (χ0n) is 22.9. The first-order valence-corrected chi connectivity index (χ1v) is 13.8. The molecule has 40 heavy (non-hydrogen) atoms. The van der Waals surface area contributed by atoms with Gasteiger partial charge in [0.1, 0.15) is 5.69 Å². The zero-order valence-corrected chi connectivity index (χ0v) is 22.9. The molecule has 212 valence electrons. The quantitative estimate of drug-likeness (QED) is 0.367. The fourth-order valence-corrected chi connectivity index (χ4v) is 6.12. The van der Waals surface area contributed by atoms with Crippen LogP contribution in [0, 0.1) is 6.92 Å². The van der Waals surface area contributed by atoms with Gasteiger partial charge in [-0.3, -0.25) is 9.58 Å². The topological polar surface area (TPSA) is 66.7 Å². The van der Waals surface area contributed by atoms with E-state index in [0.717, 1.165) is 35.7 Å². The van der Waals surface area contributed by atoms with E-state index in [4.69, 9.17) is 9.84 Å². The van der Waals surface area contributed by atoms with Crippen LogP contribution in [0.1, 0.15) is 66.9 Å². The standard InChI is InChI=1S/C29H33F3N6O2/c1-18-10-13-33-27(40-3)25(18)35-14-11-22(12-15-35)38-19(2)23-17-37(21-8-9-21)34-26(23)36(28(38)39)16-20-6-4-5-7-24(20)29(30,31)32/h4-7,10,13,17,19,21-22H,8-9,11-12,14-16H2,1-3H3. The number of carbonyl (C=O) groups is 1. The Hall–Kier alpha value is -3.76. The molecule has 8 nitrogen and oxygen atoms in total. The number of alkyl halides is 3. The summed E-state index contributed by atoms with van der Waals surface area (Å²) < 4.78 is 49.0. The predicted molar refractivity (Wildman–Crippen MR) is 145 cm³/mol. The number of piperidine rings is 1. The number of hydrogen-bond acceptors (Lipinski definition) is 5. The largest absolute Gasteiger partial charge is 0.480 e. The Labute approximate surface area is 231 Å². The molecule has 1 unspecified atom stereocenters. The Morgan fingerprint density at radius 2 is 1.77 bits per heavy atom. The number of nitrogens with zero attached hydrogens (tertiary/aromatic N) is 6. The monoisotopic (exact) mass is 554 g/mol. The Morgan fingerprint density at radius 3 is 2.45 bits per heavy atom. The smallest absolute Gasteiger partial charge is 0.416 e. The highest BCUT2D eigenvalue weighted by Gasteiger charge is 2.44. The average Bonchev–Trinajstić information content (AvgIpc) is 3.69. The number of halogens is 3. The summed E-state index contributed by atoms with van der Waals surface area (Å²) in [6.07, 6.45) is 2.65. The van der Waals surface area contributed by atoms with Crippen LogP contribution >= 0.6 is 0 Å². The van der Waals surface area contributed by atoms with E-state index in [1.807, 2.05) is 35.7 Å². The summed E-state index contributed by atoms with van der Waals surface area (Å²) in [4.78, 5) is 24.1. The maximum atomic E-state index is 14.1. The van der Waals surface area contributed by atoms with Gasteiger partial charge in [-0.25, -0.2) is 9.78 Å². The van der Waals surface area contributed by atoms with E-state index < -0.39 is 11.7 Å². The first kappa shape index (κ1) is 26.5. The van der Waals surface area contributed by atoms with Crippen molar-refractivity contribution >= 4 is 17.5 Å². The molecule has 0 N–H and O–H groups in total. The van der Waals surface area contributed by atoms with E-state index in [9.17, 15) is 18.0 Å². The molecule has 4 heterocycles. The van der Waals surface area contributed by atoms with E-state index in [1.54, 1.807) is 19.4 Å². The lowest BCUT2D eigenvalue weighted by Crippen LogP contribution is -2.55. The number of aromatic nitrogens is 3. The summed E-state index contributed by atoms with van der Waals surface area (Å²) in [5, 5.41) is 4.73. The minimum absolute atomic E-state index is 0.0544. The number of amides is 2. The molecule has 11 heteroatoms. The molecule has 3 aliphatic rings. The summed E-state index contributed by atoms with van der Waals surface area (Å²) in [7, 11) is 1.61. The van der Waals surface area contributed by atoms with E-state index in [-0.39, 0.29) is 36.3 Å². The second-order valence-corrected chi connectivity index (χ2v) is 10.9. The molecule has 2 fully saturated rings. The molecule has 1 aliphatic carbocycles. The predicted octanol–water partition coefficient (Wildman–Crippen LogP) is 6.12. The molecule has 0 spiro atoms. The van der Waals surface area contributed by atoms with Gasteiger partial charge in [0.25, 0.3) is 0 Å². The van der Waals surface area contributed by atoms with Gasteiger partial charge >= 0.3 is 12.2 Å². The summed E-state index contributed by atoms with van der Waals surface area (Å²) in [5.74, 6) is 1.04. The zero-order chi connectivity index (χ0) is 28.2. The molecule has 0 bridgehead atoms. The van der Waals surface area contributed by atoms with Crippen LogP contribution in [0.25, 0.3) is 0 Å². The number of rotatable bonds is 6. The minimum atomic E-state index is -4.52.